The van der Waals surface area contributed by atoms with Gasteiger partial charge in [0.15, 0.2) is 0 Å². The molecule has 4 aromatic rings. The average Bonchev–Trinajstić information content (AvgIpc) is 2.99. The van der Waals surface area contributed by atoms with Crippen LogP contribution in [0.5, 0.6) is 11.5 Å². The maximum absolute atomic E-state index is 13.6. The lowest BCUT2D eigenvalue weighted by Gasteiger charge is -2.26. The van der Waals surface area contributed by atoms with Gasteiger partial charge in [-0.05, 0) is 73.2 Å². The number of carbonyl (C=O) groups is 3. The minimum atomic E-state index is -5.24. The van der Waals surface area contributed by atoms with Crippen molar-refractivity contribution in [1.82, 2.24) is 0 Å². The fourth-order valence-electron chi connectivity index (χ4n) is 5.26. The van der Waals surface area contributed by atoms with Crippen LogP contribution < -0.4 is 25.4 Å². The predicted molar refractivity (Wildman–Crippen MR) is 166 cm³/mol. The first-order valence-corrected chi connectivity index (χ1v) is 15.1. The highest BCUT2D eigenvalue weighted by Crippen LogP contribution is 2.39. The molecule has 0 aliphatic carbocycles. The summed E-state index contributed by atoms with van der Waals surface area (Å²) in [5, 5.41) is 23.5. The van der Waals surface area contributed by atoms with Crippen LogP contribution in [-0.2, 0) is 10.2 Å². The molecule has 0 bridgehead atoms. The summed E-state index contributed by atoms with van der Waals surface area (Å²) in [6.45, 7) is 9.58. The van der Waals surface area contributed by atoms with Crippen molar-refractivity contribution in [2.75, 3.05) is 23.3 Å². The predicted octanol–water partition coefficient (Wildman–Crippen LogP) is 4.60. The van der Waals surface area contributed by atoms with Crippen molar-refractivity contribution in [3.8, 4) is 11.5 Å². The number of rotatable bonds is 9. The maximum atomic E-state index is 13.6. The van der Waals surface area contributed by atoms with E-state index in [1.165, 1.54) is 18.2 Å². The molecule has 0 spiro atoms. The zero-order valence-electron chi connectivity index (χ0n) is 24.1. The molecule has 1 heterocycles. The molecule has 0 radical (unpaired) electrons. The monoisotopic (exact) mass is 630 g/mol. The molecular weight excluding hydrogens is 603 g/mol. The Morgan fingerprint density at radius 2 is 1.51 bits per heavy atom. The van der Waals surface area contributed by atoms with Gasteiger partial charge in [0.05, 0.1) is 21.6 Å². The molecule has 0 aromatic heterocycles. The quantitative estimate of drug-likeness (QED) is 0.199. The summed E-state index contributed by atoms with van der Waals surface area (Å²) < 4.78 is 42.7. The number of anilines is 2. The lowest BCUT2D eigenvalue weighted by Crippen LogP contribution is -2.23. The third kappa shape index (κ3) is 6.00. The highest BCUT2D eigenvalue weighted by molar-refractivity contribution is 7.86. The van der Waals surface area contributed by atoms with Crippen molar-refractivity contribution in [3.63, 3.8) is 0 Å². The number of halogens is 1. The third-order valence-electron chi connectivity index (χ3n) is 7.42. The van der Waals surface area contributed by atoms with Gasteiger partial charge in [0, 0.05) is 46.9 Å². The van der Waals surface area contributed by atoms with Crippen LogP contribution in [0.15, 0.2) is 77.7 Å². The molecule has 5 rings (SSSR count). The van der Waals surface area contributed by atoms with Gasteiger partial charge < -0.3 is 25.2 Å². The first-order chi connectivity index (χ1) is 21.3. The summed E-state index contributed by atoms with van der Waals surface area (Å²) in [7, 11) is -5.24. The van der Waals surface area contributed by atoms with Gasteiger partial charge in [-0.15, -0.1) is 3.89 Å². The number of ether oxygens (including phenoxy) is 1. The Balaban J connectivity index is 1.64. The normalized spacial score (nSPS) is 12.0. The summed E-state index contributed by atoms with van der Waals surface area (Å²) in [6.07, 6.45) is 0. The van der Waals surface area contributed by atoms with Crippen LogP contribution in [0.25, 0.3) is 12.2 Å². The van der Waals surface area contributed by atoms with Gasteiger partial charge in [0.25, 0.3) is 5.91 Å². The van der Waals surface area contributed by atoms with Gasteiger partial charge in [0.2, 0.25) is 0 Å². The van der Waals surface area contributed by atoms with Crippen LogP contribution in [0.2, 0.25) is 0 Å². The van der Waals surface area contributed by atoms with E-state index in [0.717, 1.165) is 30.9 Å². The summed E-state index contributed by atoms with van der Waals surface area (Å²) in [5.74, 6) is -2.94. The maximum Gasteiger partial charge on any atom is 0.336 e. The molecule has 0 unspecified atom stereocenters. The zero-order chi connectivity index (χ0) is 32.6. The first kappa shape index (κ1) is 31.0. The summed E-state index contributed by atoms with van der Waals surface area (Å²) in [4.78, 5) is 38.7. The van der Waals surface area contributed by atoms with Crippen LogP contribution in [-0.4, -0.2) is 49.6 Å². The smallest absolute Gasteiger partial charge is 0.336 e. The summed E-state index contributed by atoms with van der Waals surface area (Å²) >= 11 is 0. The van der Waals surface area contributed by atoms with E-state index >= 15 is 0 Å². The molecule has 10 nitrogen and oxygen atoms in total. The van der Waals surface area contributed by atoms with E-state index in [9.17, 15) is 36.9 Å². The van der Waals surface area contributed by atoms with E-state index in [1.54, 1.807) is 18.2 Å². The molecule has 4 aromatic carbocycles. The molecule has 1 aliphatic heterocycles. The second-order valence-electron chi connectivity index (χ2n) is 10.1. The van der Waals surface area contributed by atoms with Crippen molar-refractivity contribution in [3.05, 3.63) is 111 Å². The molecule has 0 fully saturated rings. The Morgan fingerprint density at radius 1 is 0.822 bits per heavy atom. The zero-order valence-corrected chi connectivity index (χ0v) is 24.9. The van der Waals surface area contributed by atoms with Gasteiger partial charge in [-0.1, -0.05) is 24.8 Å². The van der Waals surface area contributed by atoms with Gasteiger partial charge in [0.1, 0.15) is 11.5 Å². The van der Waals surface area contributed by atoms with Crippen LogP contribution >= 0.6 is 0 Å². The number of aromatic carboxylic acids is 2. The van der Waals surface area contributed by atoms with Gasteiger partial charge >= 0.3 is 22.2 Å². The van der Waals surface area contributed by atoms with Crippen molar-refractivity contribution in [1.29, 1.82) is 0 Å². The molecule has 0 saturated carbocycles. The van der Waals surface area contributed by atoms with Gasteiger partial charge in [-0.2, -0.15) is 8.42 Å². The third-order valence-corrected chi connectivity index (χ3v) is 8.24. The van der Waals surface area contributed by atoms with E-state index in [2.05, 4.69) is 16.8 Å². The number of hydrogen-bond acceptors (Lipinski definition) is 7. The Labute approximate surface area is 257 Å². The van der Waals surface area contributed by atoms with Crippen LogP contribution in [0.4, 0.5) is 15.3 Å². The molecule has 0 saturated heterocycles. The van der Waals surface area contributed by atoms with Gasteiger partial charge in [-0.3, -0.25) is 4.79 Å². The Morgan fingerprint density at radius 3 is 2.16 bits per heavy atom. The van der Waals surface area contributed by atoms with E-state index in [4.69, 9.17) is 4.74 Å². The van der Waals surface area contributed by atoms with E-state index < -0.39 is 44.1 Å². The van der Waals surface area contributed by atoms with E-state index in [0.29, 0.717) is 44.7 Å². The number of hydrogen-bond donors (Lipinski definition) is 3. The lowest BCUT2D eigenvalue weighted by molar-refractivity contribution is 0.0684. The second kappa shape index (κ2) is 11.9. The average molecular weight is 631 g/mol. The summed E-state index contributed by atoms with van der Waals surface area (Å²) in [6, 6.07) is 17.3. The van der Waals surface area contributed by atoms with Crippen LogP contribution in [0.3, 0.4) is 0 Å². The standard InChI is InChI=1S/C33H27FN2O8S/c1-4-36(5-2)20-8-12-25-29(16-20)44-28-14-18(3)6-10-24(28)30(25)22-11-7-19(15-27(22)33(40)41)35-31(37)26-17-21(45(34,42)43)9-13-23(26)32(38)39/h6-17H,3-5H2,1-2H3,(H,35,37)(H,38,39)(H,40,41). The molecule has 1 amide bonds. The number of fused-ring (bicyclic) bond motifs is 2. The lowest BCUT2D eigenvalue weighted by atomic mass is 9.89. The number of nitrogens with zero attached hydrogens (tertiary/aromatic N) is 1. The highest BCUT2D eigenvalue weighted by atomic mass is 32.3. The molecule has 12 heteroatoms. The number of carboxylic acids is 2. The minimum absolute atomic E-state index is 0.0240. The summed E-state index contributed by atoms with van der Waals surface area (Å²) in [5.41, 5.74) is 1.04. The number of nitrogens with one attached hydrogen (secondary N) is 1. The van der Waals surface area contributed by atoms with Crippen molar-refractivity contribution in [2.45, 2.75) is 18.7 Å². The molecular formula is C33H27FN2O8S. The Kier molecular flexibility index (Phi) is 8.18. The second-order valence-corrected chi connectivity index (χ2v) is 11.5. The molecule has 1 aliphatic rings. The molecule has 230 valence electrons. The number of carbonyl (C=O) groups excluding carboxylic acids is 1. The topological polar surface area (TPSA) is 150 Å². The van der Waals surface area contributed by atoms with Crippen LogP contribution in [0, 0.1) is 0 Å². The van der Waals surface area contributed by atoms with Crippen molar-refractivity contribution < 1.29 is 41.6 Å². The molecule has 45 heavy (non-hydrogen) atoms. The molecule has 3 N–H and O–H groups in total. The highest BCUT2D eigenvalue weighted by Gasteiger charge is 2.26. The van der Waals surface area contributed by atoms with E-state index in [1.807, 2.05) is 32.0 Å². The fourth-order valence-corrected chi connectivity index (χ4v) is 5.75. The largest absolute Gasteiger partial charge is 0.478 e. The first-order valence-electron chi connectivity index (χ1n) is 13.7. The number of amides is 1. The number of carboxylic acid groups (broad SMARTS) is 2. The van der Waals surface area contributed by atoms with E-state index in [-0.39, 0.29) is 11.3 Å². The van der Waals surface area contributed by atoms with Gasteiger partial charge in [-0.25, -0.2) is 9.59 Å². The Bertz CT molecular complexity index is 2130. The van der Waals surface area contributed by atoms with Crippen molar-refractivity contribution >= 4 is 51.6 Å². The SMILES string of the molecule is C=c1ccc2c(c1)Oc1cc(N(CC)CC)ccc1C=2c1ccc(NC(=O)c2cc(S(=O)(=O)F)ccc2C(=O)O)cc1C(=O)O. The number of benzene rings is 4. The minimum Gasteiger partial charge on any atom is -0.478 e. The van der Waals surface area contributed by atoms with Crippen LogP contribution in [0.1, 0.15) is 56.0 Å². The van der Waals surface area contributed by atoms with Crippen molar-refractivity contribution in [2.24, 2.45) is 0 Å². The fraction of sp³-hybridized carbons (Fsp3) is 0.121. The Hall–Kier alpha value is -5.49. The molecule has 0 atom stereocenters.